The van der Waals surface area contributed by atoms with Gasteiger partial charge in [-0.15, -0.1) is 0 Å². The number of fused-ring (bicyclic) bond motifs is 1. The molecule has 0 radical (unpaired) electrons. The number of carbonyl (C=O) groups is 1. The third-order valence-electron chi connectivity index (χ3n) is 3.22. The maximum Gasteiger partial charge on any atom is 0.339 e. The summed E-state index contributed by atoms with van der Waals surface area (Å²) in [6, 6.07) is 12.7. The lowest BCUT2D eigenvalue weighted by molar-refractivity contribution is 0.252. The van der Waals surface area contributed by atoms with E-state index in [4.69, 9.17) is 0 Å². The first-order valence-electron chi connectivity index (χ1n) is 6.65. The summed E-state index contributed by atoms with van der Waals surface area (Å²) in [5, 5.41) is 6.50. The van der Waals surface area contributed by atoms with Crippen molar-refractivity contribution in [3.8, 4) is 0 Å². The van der Waals surface area contributed by atoms with E-state index in [2.05, 4.69) is 31.8 Å². The number of carbonyl (C=O) groups excluding carboxylic acids is 1. The van der Waals surface area contributed by atoms with Crippen LogP contribution < -0.4 is 27.0 Å². The van der Waals surface area contributed by atoms with Gasteiger partial charge < -0.3 is 5.32 Å². The number of anilines is 1. The molecule has 0 aliphatic heterocycles. The van der Waals surface area contributed by atoms with Crippen LogP contribution in [0.3, 0.4) is 0 Å². The quantitative estimate of drug-likeness (QED) is 0.673. The van der Waals surface area contributed by atoms with E-state index in [9.17, 15) is 14.4 Å². The van der Waals surface area contributed by atoms with E-state index in [0.29, 0.717) is 16.5 Å². The predicted molar refractivity (Wildman–Crippen MR) is 90.7 cm³/mol. The Morgan fingerprint density at radius 3 is 2.04 bits per heavy atom. The highest BCUT2D eigenvalue weighted by Crippen LogP contribution is 2.13. The topological polar surface area (TPSA) is 87.6 Å². The monoisotopic (exact) mass is 371 g/mol. The van der Waals surface area contributed by atoms with Gasteiger partial charge in [0.15, 0.2) is 5.36 Å². The summed E-state index contributed by atoms with van der Waals surface area (Å²) in [7, 11) is 0. The molecule has 0 unspecified atom stereocenters. The van der Waals surface area contributed by atoms with Crippen LogP contribution in [0.15, 0.2) is 67.7 Å². The fraction of sp³-hybridized carbons (Fsp3) is 0. The second kappa shape index (κ2) is 6.13. The van der Waals surface area contributed by atoms with E-state index in [1.807, 2.05) is 0 Å². The van der Waals surface area contributed by atoms with Crippen molar-refractivity contribution in [2.45, 2.75) is 0 Å². The van der Waals surface area contributed by atoms with Gasteiger partial charge >= 0.3 is 6.03 Å². The molecule has 3 aromatic rings. The van der Waals surface area contributed by atoms with Crippen LogP contribution in [0, 0.1) is 0 Å². The molecule has 0 saturated heterocycles. The molecule has 114 valence electrons. The summed E-state index contributed by atoms with van der Waals surface area (Å²) in [4.78, 5) is 36.0. The fourth-order valence-electron chi connectivity index (χ4n) is 2.14. The molecule has 0 aliphatic carbocycles. The lowest BCUT2D eigenvalue weighted by Gasteiger charge is -2.03. The van der Waals surface area contributed by atoms with E-state index >= 15 is 0 Å². The molecule has 0 atom stereocenters. The van der Waals surface area contributed by atoms with Gasteiger partial charge in [0.2, 0.25) is 10.9 Å². The highest BCUT2D eigenvalue weighted by Gasteiger charge is 2.10. The van der Waals surface area contributed by atoms with Crippen molar-refractivity contribution in [1.29, 1.82) is 0 Å². The van der Waals surface area contributed by atoms with Gasteiger partial charge in [0.1, 0.15) is 0 Å². The van der Waals surface area contributed by atoms with Crippen molar-refractivity contribution in [2.75, 3.05) is 5.32 Å². The summed E-state index contributed by atoms with van der Waals surface area (Å²) in [5.74, 6) is 0. The minimum atomic E-state index is -0.642. The van der Waals surface area contributed by atoms with E-state index in [0.717, 1.165) is 4.47 Å². The van der Waals surface area contributed by atoms with Gasteiger partial charge in [-0.1, -0.05) is 40.2 Å². The first-order chi connectivity index (χ1) is 11.1. The largest absolute Gasteiger partial charge is 0.339 e. The Morgan fingerprint density at radius 2 is 1.48 bits per heavy atom. The van der Waals surface area contributed by atoms with Crippen LogP contribution in [0.2, 0.25) is 0 Å². The van der Waals surface area contributed by atoms with Crippen molar-refractivity contribution < 1.29 is 4.79 Å². The van der Waals surface area contributed by atoms with E-state index in [1.54, 1.807) is 48.5 Å². The molecule has 0 fully saturated rings. The predicted octanol–water partition coefficient (Wildman–Crippen LogP) is 1.84. The molecule has 6 nitrogen and oxygen atoms in total. The molecule has 0 spiro atoms. The normalized spacial score (nSPS) is 10.5. The Labute approximate surface area is 138 Å². The molecular weight excluding hydrogens is 362 g/mol. The van der Waals surface area contributed by atoms with Gasteiger partial charge in [-0.25, -0.2) is 10.2 Å². The first kappa shape index (κ1) is 15.1. The summed E-state index contributed by atoms with van der Waals surface area (Å²) < 4.78 is 0.878. The summed E-state index contributed by atoms with van der Waals surface area (Å²) in [6.07, 6.45) is 0. The molecule has 0 bridgehead atoms. The molecule has 7 heteroatoms. The zero-order chi connectivity index (χ0) is 16.4. The van der Waals surface area contributed by atoms with Gasteiger partial charge in [0.05, 0.1) is 0 Å². The minimum Gasteiger partial charge on any atom is -0.307 e. The molecule has 0 saturated carbocycles. The van der Waals surface area contributed by atoms with Crippen LogP contribution in [0.4, 0.5) is 10.5 Å². The first-order valence-corrected chi connectivity index (χ1v) is 7.44. The lowest BCUT2D eigenvalue weighted by Crippen LogP contribution is -2.36. The number of amides is 2. The molecule has 0 aromatic heterocycles. The number of halogens is 1. The maximum absolute atomic E-state index is 12.1. The van der Waals surface area contributed by atoms with Crippen LogP contribution in [-0.2, 0) is 0 Å². The fourth-order valence-corrected chi connectivity index (χ4v) is 2.40. The van der Waals surface area contributed by atoms with Crippen LogP contribution in [-0.4, -0.2) is 6.03 Å². The zero-order valence-corrected chi connectivity index (χ0v) is 13.3. The second-order valence-corrected chi connectivity index (χ2v) is 5.65. The van der Waals surface area contributed by atoms with Crippen molar-refractivity contribution >= 4 is 38.4 Å². The number of nitrogens with one attached hydrogen (secondary N) is 2. The summed E-state index contributed by atoms with van der Waals surface area (Å²) in [6.45, 7) is 0. The Bertz CT molecular complexity index is 985. The average molecular weight is 372 g/mol. The Balaban J connectivity index is 1.85. The number of rotatable bonds is 2. The van der Waals surface area contributed by atoms with Crippen molar-refractivity contribution in [3.63, 3.8) is 0 Å². The molecule has 2 N–H and O–H groups in total. The zero-order valence-electron chi connectivity index (χ0n) is 11.7. The van der Waals surface area contributed by atoms with Crippen LogP contribution in [0.5, 0.6) is 0 Å². The number of hydrogen-bond acceptors (Lipinski definition) is 4. The van der Waals surface area contributed by atoms with Crippen molar-refractivity contribution in [1.82, 2.24) is 5.43 Å². The molecule has 3 rings (SSSR count). The number of nitrogens with zero attached hydrogens (tertiary/aromatic N) is 1. The highest BCUT2D eigenvalue weighted by atomic mass is 79.9. The van der Waals surface area contributed by atoms with Gasteiger partial charge in [-0.2, -0.15) is 5.10 Å². The van der Waals surface area contributed by atoms with Crippen LogP contribution in [0.25, 0.3) is 10.8 Å². The van der Waals surface area contributed by atoms with E-state index in [1.165, 1.54) is 0 Å². The van der Waals surface area contributed by atoms with Gasteiger partial charge in [0.25, 0.3) is 0 Å². The molecule has 0 aliphatic rings. The minimum absolute atomic E-state index is 0.294. The standard InChI is InChI=1S/C16H10BrN3O3/c17-9-5-7-10(8-6-9)18-16(23)20-19-13-14(21)11-3-1-2-4-12(11)15(13)22/h1-8H,(H2,18,20,23). The average Bonchev–Trinajstić information content (AvgIpc) is 2.80. The van der Waals surface area contributed by atoms with Crippen LogP contribution in [0.1, 0.15) is 0 Å². The Morgan fingerprint density at radius 1 is 0.913 bits per heavy atom. The molecule has 0 heterocycles. The Hall–Kier alpha value is -2.80. The number of urea groups is 1. The summed E-state index contributed by atoms with van der Waals surface area (Å²) >= 11 is 3.29. The van der Waals surface area contributed by atoms with Crippen molar-refractivity contribution in [2.24, 2.45) is 5.10 Å². The van der Waals surface area contributed by atoms with Gasteiger partial charge in [-0.05, 0) is 24.3 Å². The van der Waals surface area contributed by atoms with Crippen LogP contribution >= 0.6 is 15.9 Å². The smallest absolute Gasteiger partial charge is 0.307 e. The Kier molecular flexibility index (Phi) is 4.03. The number of benzene rings is 2. The van der Waals surface area contributed by atoms with Gasteiger partial charge in [0, 0.05) is 20.9 Å². The second-order valence-electron chi connectivity index (χ2n) is 4.74. The molecule has 3 aromatic carbocycles. The molecule has 2 amide bonds. The van der Waals surface area contributed by atoms with Crippen molar-refractivity contribution in [3.05, 3.63) is 78.8 Å². The SMILES string of the molecule is O=C(NN=c1c(=O)c2ccccc2c1=O)Nc1ccc(Br)cc1. The number of hydrogen-bond donors (Lipinski definition) is 2. The summed E-state index contributed by atoms with van der Waals surface area (Å²) in [5.41, 5.74) is 1.74. The van der Waals surface area contributed by atoms with Gasteiger partial charge in [-0.3, -0.25) is 9.59 Å². The lowest BCUT2D eigenvalue weighted by atomic mass is 10.2. The van der Waals surface area contributed by atoms with E-state index in [-0.39, 0.29) is 5.36 Å². The highest BCUT2D eigenvalue weighted by molar-refractivity contribution is 9.10. The third-order valence-corrected chi connectivity index (χ3v) is 3.75. The maximum atomic E-state index is 12.1. The molecule has 23 heavy (non-hydrogen) atoms. The third kappa shape index (κ3) is 3.04. The van der Waals surface area contributed by atoms with E-state index < -0.39 is 16.9 Å². The molecular formula is C16H10BrN3O3.